The molecule has 1 N–H and O–H groups in total. The molecule has 2 aromatic carbocycles. The van der Waals surface area contributed by atoms with Crippen LogP contribution in [0.2, 0.25) is 0 Å². The minimum atomic E-state index is -1.16. The minimum absolute atomic E-state index is 0.0729. The van der Waals surface area contributed by atoms with Crippen LogP contribution in [0.3, 0.4) is 0 Å². The quantitative estimate of drug-likeness (QED) is 0.790. The molecule has 7 heteroatoms. The first kappa shape index (κ1) is 20.6. The number of benzene rings is 2. The van der Waals surface area contributed by atoms with E-state index >= 15 is 0 Å². The summed E-state index contributed by atoms with van der Waals surface area (Å²) in [5.74, 6) is -2.32. The smallest absolute Gasteiger partial charge is 0.166 e. The normalized spacial score (nSPS) is 17.0. The first-order valence-electron chi connectivity index (χ1n) is 9.15. The van der Waals surface area contributed by atoms with Crippen LogP contribution in [0.5, 0.6) is 5.75 Å². The van der Waals surface area contributed by atoms with E-state index in [2.05, 4.69) is 0 Å². The molecule has 1 atom stereocenters. The van der Waals surface area contributed by atoms with Crippen LogP contribution in [0.1, 0.15) is 23.6 Å². The van der Waals surface area contributed by atoms with Gasteiger partial charge < -0.3 is 14.7 Å². The zero-order chi connectivity index (χ0) is 20.5. The Morgan fingerprint density at radius 3 is 2.57 bits per heavy atom. The van der Waals surface area contributed by atoms with Crippen LogP contribution < -0.4 is 4.74 Å². The molecule has 0 saturated carbocycles. The zero-order valence-corrected chi connectivity index (χ0v) is 16.3. The maximum absolute atomic E-state index is 14.0. The Kier molecular flexibility index (Phi) is 5.98. The van der Waals surface area contributed by atoms with Crippen LogP contribution >= 0.6 is 0 Å². The average Bonchev–Trinajstić information content (AvgIpc) is 2.82. The molecule has 1 heterocycles. The van der Waals surface area contributed by atoms with E-state index in [1.807, 2.05) is 37.2 Å². The van der Waals surface area contributed by atoms with Gasteiger partial charge in [-0.3, -0.25) is 4.90 Å². The van der Waals surface area contributed by atoms with E-state index in [9.17, 15) is 18.3 Å². The SMILES string of the molecule is CN(C)CC(C)(O)c1ccc2c(c1)CN(Cc1c(F)ccc(F)c1F)CCO2. The van der Waals surface area contributed by atoms with Gasteiger partial charge >= 0.3 is 0 Å². The van der Waals surface area contributed by atoms with E-state index in [1.54, 1.807) is 11.8 Å². The zero-order valence-electron chi connectivity index (χ0n) is 16.3. The fourth-order valence-corrected chi connectivity index (χ4v) is 3.56. The molecule has 0 saturated heterocycles. The molecule has 0 radical (unpaired) electrons. The number of rotatable bonds is 5. The van der Waals surface area contributed by atoms with Crippen molar-refractivity contribution in [3.8, 4) is 5.75 Å². The van der Waals surface area contributed by atoms with Crippen molar-refractivity contribution in [1.29, 1.82) is 0 Å². The van der Waals surface area contributed by atoms with Crippen molar-refractivity contribution in [2.24, 2.45) is 0 Å². The molecule has 0 amide bonds. The predicted octanol–water partition coefficient (Wildman–Crippen LogP) is 3.27. The van der Waals surface area contributed by atoms with Gasteiger partial charge in [0.25, 0.3) is 0 Å². The van der Waals surface area contributed by atoms with Gasteiger partial charge in [0.1, 0.15) is 18.2 Å². The molecule has 1 aliphatic rings. The number of halogens is 3. The topological polar surface area (TPSA) is 35.9 Å². The van der Waals surface area contributed by atoms with Crippen LogP contribution in [-0.2, 0) is 18.7 Å². The predicted molar refractivity (Wildman–Crippen MR) is 100 cm³/mol. The van der Waals surface area contributed by atoms with E-state index in [0.29, 0.717) is 32.0 Å². The molecule has 0 spiro atoms. The van der Waals surface area contributed by atoms with Crippen LogP contribution in [0.4, 0.5) is 13.2 Å². The molecule has 2 aromatic rings. The highest BCUT2D eigenvalue weighted by Crippen LogP contribution is 2.30. The fourth-order valence-electron chi connectivity index (χ4n) is 3.56. The van der Waals surface area contributed by atoms with Gasteiger partial charge in [0.15, 0.2) is 11.6 Å². The Morgan fingerprint density at radius 2 is 1.86 bits per heavy atom. The molecule has 28 heavy (non-hydrogen) atoms. The number of aliphatic hydroxyl groups is 1. The number of nitrogens with zero attached hydrogens (tertiary/aromatic N) is 2. The van der Waals surface area contributed by atoms with Crippen LogP contribution in [0.15, 0.2) is 30.3 Å². The molecular formula is C21H25F3N2O2. The third-order valence-corrected chi connectivity index (χ3v) is 4.89. The summed E-state index contributed by atoms with van der Waals surface area (Å²) in [6.45, 7) is 3.26. The Balaban J connectivity index is 1.86. The number of likely N-dealkylation sites (N-methyl/N-ethyl adjacent to an activating group) is 1. The first-order chi connectivity index (χ1) is 13.2. The van der Waals surface area contributed by atoms with Crippen molar-refractivity contribution in [2.45, 2.75) is 25.6 Å². The second kappa shape index (κ2) is 8.11. The summed E-state index contributed by atoms with van der Waals surface area (Å²) in [6, 6.07) is 7.21. The number of hydrogen-bond donors (Lipinski definition) is 1. The van der Waals surface area contributed by atoms with Gasteiger partial charge in [0.2, 0.25) is 0 Å². The summed E-state index contributed by atoms with van der Waals surface area (Å²) in [4.78, 5) is 3.70. The lowest BCUT2D eigenvalue weighted by molar-refractivity contribution is 0.0299. The minimum Gasteiger partial charge on any atom is -0.492 e. The monoisotopic (exact) mass is 394 g/mol. The summed E-state index contributed by atoms with van der Waals surface area (Å²) < 4.78 is 47.3. The largest absolute Gasteiger partial charge is 0.492 e. The van der Waals surface area contributed by atoms with Gasteiger partial charge in [-0.25, -0.2) is 13.2 Å². The van der Waals surface area contributed by atoms with E-state index in [0.717, 1.165) is 23.3 Å². The Labute approximate surface area is 163 Å². The third-order valence-electron chi connectivity index (χ3n) is 4.89. The van der Waals surface area contributed by atoms with Crippen molar-refractivity contribution in [3.05, 3.63) is 64.5 Å². The maximum atomic E-state index is 14.0. The average molecular weight is 394 g/mol. The highest BCUT2D eigenvalue weighted by Gasteiger charge is 2.27. The van der Waals surface area contributed by atoms with Crippen LogP contribution in [0.25, 0.3) is 0 Å². The van der Waals surface area contributed by atoms with Crippen molar-refractivity contribution >= 4 is 0 Å². The molecular weight excluding hydrogens is 369 g/mol. The van der Waals surface area contributed by atoms with Crippen molar-refractivity contribution in [3.63, 3.8) is 0 Å². The first-order valence-corrected chi connectivity index (χ1v) is 9.15. The Morgan fingerprint density at radius 1 is 1.14 bits per heavy atom. The molecule has 0 aliphatic carbocycles. The molecule has 1 aliphatic heterocycles. The Hall–Kier alpha value is -2.09. The summed E-state index contributed by atoms with van der Waals surface area (Å²) in [6.07, 6.45) is 0. The van der Waals surface area contributed by atoms with Crippen molar-refractivity contribution in [2.75, 3.05) is 33.8 Å². The van der Waals surface area contributed by atoms with E-state index in [1.165, 1.54) is 0 Å². The van der Waals surface area contributed by atoms with E-state index < -0.39 is 23.1 Å². The standard InChI is InChI=1S/C21H25F3N2O2/c1-21(27,13-25(2)3)15-4-7-19-14(10-15)11-26(8-9-28-19)12-16-17(22)5-6-18(23)20(16)24/h4-7,10,27H,8-9,11-13H2,1-3H3. The van der Waals surface area contributed by atoms with Gasteiger partial charge in [-0.1, -0.05) is 6.07 Å². The lowest BCUT2D eigenvalue weighted by Crippen LogP contribution is -2.34. The highest BCUT2D eigenvalue weighted by molar-refractivity contribution is 5.40. The van der Waals surface area contributed by atoms with Crippen molar-refractivity contribution < 1.29 is 23.0 Å². The maximum Gasteiger partial charge on any atom is 0.166 e. The highest BCUT2D eigenvalue weighted by atomic mass is 19.2. The summed E-state index contributed by atoms with van der Waals surface area (Å²) >= 11 is 0. The van der Waals surface area contributed by atoms with Gasteiger partial charge in [-0.2, -0.15) is 0 Å². The second-order valence-electron chi connectivity index (χ2n) is 7.71. The van der Waals surface area contributed by atoms with Crippen LogP contribution in [-0.4, -0.2) is 48.7 Å². The molecule has 1 unspecified atom stereocenters. The summed E-state index contributed by atoms with van der Waals surface area (Å²) in [5, 5.41) is 10.8. The van der Waals surface area contributed by atoms with Gasteiger partial charge in [-0.15, -0.1) is 0 Å². The van der Waals surface area contributed by atoms with Crippen LogP contribution in [0, 0.1) is 17.5 Å². The molecule has 0 fully saturated rings. The second-order valence-corrected chi connectivity index (χ2v) is 7.71. The lowest BCUT2D eigenvalue weighted by Gasteiger charge is -2.28. The number of ether oxygens (including phenoxy) is 1. The van der Waals surface area contributed by atoms with Gasteiger partial charge in [0.05, 0.1) is 5.60 Å². The molecule has 152 valence electrons. The molecule has 0 aromatic heterocycles. The summed E-state index contributed by atoms with van der Waals surface area (Å²) in [5.41, 5.74) is 0.190. The van der Waals surface area contributed by atoms with Gasteiger partial charge in [0, 0.05) is 37.3 Å². The van der Waals surface area contributed by atoms with Crippen molar-refractivity contribution in [1.82, 2.24) is 9.80 Å². The fraction of sp³-hybridized carbons (Fsp3) is 0.429. The number of hydrogen-bond acceptors (Lipinski definition) is 4. The van der Waals surface area contributed by atoms with Gasteiger partial charge in [-0.05, 0) is 50.8 Å². The number of fused-ring (bicyclic) bond motifs is 1. The molecule has 0 bridgehead atoms. The molecule has 3 rings (SSSR count). The third kappa shape index (κ3) is 4.48. The molecule has 4 nitrogen and oxygen atoms in total. The lowest BCUT2D eigenvalue weighted by atomic mass is 9.93. The summed E-state index contributed by atoms with van der Waals surface area (Å²) in [7, 11) is 3.76. The van der Waals surface area contributed by atoms with E-state index in [4.69, 9.17) is 4.74 Å². The Bertz CT molecular complexity index is 856. The van der Waals surface area contributed by atoms with E-state index in [-0.39, 0.29) is 12.1 Å².